The Morgan fingerprint density at radius 2 is 1.69 bits per heavy atom. The second-order valence-electron chi connectivity index (χ2n) is 6.40. The summed E-state index contributed by atoms with van der Waals surface area (Å²) >= 11 is 0. The van der Waals surface area contributed by atoms with Crippen LogP contribution in [0.3, 0.4) is 0 Å². The van der Waals surface area contributed by atoms with Crippen molar-refractivity contribution >= 4 is 16.7 Å². The third-order valence-electron chi connectivity index (χ3n) is 4.34. The fraction of sp³-hybridized carbons (Fsp3) is 0.0952. The van der Waals surface area contributed by atoms with Crippen LogP contribution in [0.1, 0.15) is 11.5 Å². The van der Waals surface area contributed by atoms with E-state index in [1.54, 1.807) is 12.3 Å². The first kappa shape index (κ1) is 19.0. The van der Waals surface area contributed by atoms with Crippen molar-refractivity contribution < 1.29 is 8.73 Å². The molecule has 0 aliphatic carbocycles. The van der Waals surface area contributed by atoms with Gasteiger partial charge in [0.25, 0.3) is 0 Å². The molecule has 4 aromatic rings. The van der Waals surface area contributed by atoms with Gasteiger partial charge < -0.3 is 9.42 Å². The quantitative estimate of drug-likeness (QED) is 0.506. The molecule has 0 saturated carbocycles. The summed E-state index contributed by atoms with van der Waals surface area (Å²) in [7, 11) is -1.62. The van der Waals surface area contributed by atoms with Crippen LogP contribution >= 0.6 is 0 Å². The van der Waals surface area contributed by atoms with Gasteiger partial charge in [-0.1, -0.05) is 53.7 Å². The lowest BCUT2D eigenvalue weighted by Crippen LogP contribution is -2.22. The van der Waals surface area contributed by atoms with Crippen molar-refractivity contribution in [2.45, 2.75) is 18.0 Å². The highest BCUT2D eigenvalue weighted by Gasteiger charge is 2.15. The van der Waals surface area contributed by atoms with E-state index in [1.807, 2.05) is 48.5 Å². The standard InChI is InChI=1S/C21H19N5O2S/c22-29(27)19-11-17(12-23-13-19)21-24-20(28-25-21)15-26(18-9-5-2-6-10-18)14-16-7-3-1-4-8-16/h1-13H,14-15,22H2. The Hall–Kier alpha value is -3.36. The number of rotatable bonds is 7. The molecule has 0 fully saturated rings. The van der Waals surface area contributed by atoms with E-state index in [4.69, 9.17) is 9.66 Å². The maximum Gasteiger partial charge on any atom is 0.246 e. The van der Waals surface area contributed by atoms with Crippen LogP contribution in [-0.4, -0.2) is 19.3 Å². The van der Waals surface area contributed by atoms with Gasteiger partial charge in [-0.15, -0.1) is 0 Å². The second kappa shape index (κ2) is 8.76. The van der Waals surface area contributed by atoms with E-state index in [-0.39, 0.29) is 0 Å². The number of hydrogen-bond acceptors (Lipinski definition) is 6. The molecule has 7 nitrogen and oxygen atoms in total. The predicted octanol–water partition coefficient (Wildman–Crippen LogP) is 3.32. The first-order chi connectivity index (χ1) is 14.2. The van der Waals surface area contributed by atoms with Crippen molar-refractivity contribution in [1.82, 2.24) is 15.1 Å². The molecule has 0 spiro atoms. The highest BCUT2D eigenvalue weighted by molar-refractivity contribution is 7.82. The van der Waals surface area contributed by atoms with Crippen LogP contribution in [0.2, 0.25) is 0 Å². The van der Waals surface area contributed by atoms with Crippen molar-refractivity contribution in [2.75, 3.05) is 4.90 Å². The van der Waals surface area contributed by atoms with E-state index < -0.39 is 11.0 Å². The molecular weight excluding hydrogens is 386 g/mol. The molecule has 0 amide bonds. The smallest absolute Gasteiger partial charge is 0.246 e. The number of hydrogen-bond donors (Lipinski definition) is 1. The van der Waals surface area contributed by atoms with E-state index in [0.717, 1.165) is 5.69 Å². The Kier molecular flexibility index (Phi) is 5.73. The number of nitrogens with zero attached hydrogens (tertiary/aromatic N) is 4. The van der Waals surface area contributed by atoms with Crippen molar-refractivity contribution in [3.8, 4) is 11.4 Å². The Morgan fingerprint density at radius 1 is 0.966 bits per heavy atom. The Morgan fingerprint density at radius 3 is 2.41 bits per heavy atom. The van der Waals surface area contributed by atoms with Crippen molar-refractivity contribution in [1.29, 1.82) is 0 Å². The zero-order valence-corrected chi connectivity index (χ0v) is 16.3. The summed E-state index contributed by atoms with van der Waals surface area (Å²) in [5.41, 5.74) is 2.84. The lowest BCUT2D eigenvalue weighted by Gasteiger charge is -2.23. The van der Waals surface area contributed by atoms with E-state index in [0.29, 0.717) is 35.3 Å². The Balaban J connectivity index is 1.58. The molecule has 146 valence electrons. The summed E-state index contributed by atoms with van der Waals surface area (Å²) in [4.78, 5) is 11.1. The Bertz CT molecular complexity index is 1100. The van der Waals surface area contributed by atoms with Gasteiger partial charge >= 0.3 is 0 Å². The number of pyridine rings is 1. The predicted molar refractivity (Wildman–Crippen MR) is 111 cm³/mol. The fourth-order valence-corrected chi connectivity index (χ4v) is 3.34. The summed E-state index contributed by atoms with van der Waals surface area (Å²) in [5, 5.41) is 9.48. The summed E-state index contributed by atoms with van der Waals surface area (Å²) in [6, 6.07) is 21.9. The minimum Gasteiger partial charge on any atom is -0.358 e. The van der Waals surface area contributed by atoms with Crippen LogP contribution in [0, 0.1) is 0 Å². The SMILES string of the molecule is NS(=O)c1cncc(-c2noc(CN(Cc3ccccc3)c3ccccc3)n2)c1. The van der Waals surface area contributed by atoms with Crippen LogP contribution in [-0.2, 0) is 24.1 Å². The number of para-hydroxylation sites is 1. The van der Waals surface area contributed by atoms with Crippen LogP contribution in [0.5, 0.6) is 0 Å². The molecule has 2 N–H and O–H groups in total. The van der Waals surface area contributed by atoms with Gasteiger partial charge in [0.1, 0.15) is 11.0 Å². The van der Waals surface area contributed by atoms with E-state index in [9.17, 15) is 4.21 Å². The summed E-state index contributed by atoms with van der Waals surface area (Å²) in [5.74, 6) is 0.853. The van der Waals surface area contributed by atoms with Crippen molar-refractivity contribution in [3.05, 3.63) is 90.6 Å². The van der Waals surface area contributed by atoms with Gasteiger partial charge in [0.05, 0.1) is 11.4 Å². The largest absolute Gasteiger partial charge is 0.358 e. The first-order valence-electron chi connectivity index (χ1n) is 8.97. The fourth-order valence-electron chi connectivity index (χ4n) is 2.93. The van der Waals surface area contributed by atoms with Gasteiger partial charge in [0, 0.05) is 30.2 Å². The molecule has 2 heterocycles. The maximum atomic E-state index is 11.5. The lowest BCUT2D eigenvalue weighted by atomic mass is 10.2. The zero-order valence-electron chi connectivity index (χ0n) is 15.5. The molecule has 0 saturated heterocycles. The van der Waals surface area contributed by atoms with E-state index >= 15 is 0 Å². The third-order valence-corrected chi connectivity index (χ3v) is 5.02. The van der Waals surface area contributed by atoms with Gasteiger partial charge in [-0.25, -0.2) is 9.35 Å². The average molecular weight is 405 g/mol. The number of benzene rings is 2. The zero-order chi connectivity index (χ0) is 20.1. The number of aromatic nitrogens is 3. The molecule has 0 aliphatic heterocycles. The molecular formula is C21H19N5O2S. The van der Waals surface area contributed by atoms with Crippen LogP contribution < -0.4 is 10.0 Å². The highest BCUT2D eigenvalue weighted by Crippen LogP contribution is 2.22. The van der Waals surface area contributed by atoms with Gasteiger partial charge in [0.15, 0.2) is 0 Å². The number of nitrogens with two attached hydrogens (primary N) is 1. The minimum absolute atomic E-state index is 0.382. The summed E-state index contributed by atoms with van der Waals surface area (Å²) in [6.45, 7) is 1.15. The van der Waals surface area contributed by atoms with Gasteiger partial charge in [-0.05, 0) is 23.8 Å². The molecule has 2 aromatic heterocycles. The van der Waals surface area contributed by atoms with Gasteiger partial charge in [0.2, 0.25) is 11.7 Å². The van der Waals surface area contributed by atoms with Gasteiger partial charge in [-0.3, -0.25) is 4.98 Å². The topological polar surface area (TPSA) is 98.1 Å². The second-order valence-corrected chi connectivity index (χ2v) is 7.46. The van der Waals surface area contributed by atoms with Gasteiger partial charge in [-0.2, -0.15) is 4.98 Å². The Labute approximate surface area is 170 Å². The average Bonchev–Trinajstić information content (AvgIpc) is 3.23. The first-order valence-corrected chi connectivity index (χ1v) is 10.2. The van der Waals surface area contributed by atoms with E-state index in [2.05, 4.69) is 32.2 Å². The van der Waals surface area contributed by atoms with Crippen LogP contribution in [0.25, 0.3) is 11.4 Å². The van der Waals surface area contributed by atoms with Crippen molar-refractivity contribution in [3.63, 3.8) is 0 Å². The molecule has 4 rings (SSSR count). The maximum absolute atomic E-state index is 11.5. The molecule has 1 atom stereocenters. The molecule has 0 bridgehead atoms. The van der Waals surface area contributed by atoms with Crippen LogP contribution in [0.15, 0.2) is 88.5 Å². The highest BCUT2D eigenvalue weighted by atomic mass is 32.2. The molecule has 8 heteroatoms. The van der Waals surface area contributed by atoms with Crippen molar-refractivity contribution in [2.24, 2.45) is 5.14 Å². The normalized spacial score (nSPS) is 11.9. The molecule has 29 heavy (non-hydrogen) atoms. The molecule has 0 radical (unpaired) electrons. The molecule has 0 aliphatic rings. The summed E-state index contributed by atoms with van der Waals surface area (Å²) in [6.07, 6.45) is 3.04. The minimum atomic E-state index is -1.62. The lowest BCUT2D eigenvalue weighted by molar-refractivity contribution is 0.376. The molecule has 2 aromatic carbocycles. The molecule has 1 unspecified atom stereocenters. The monoisotopic (exact) mass is 405 g/mol. The van der Waals surface area contributed by atoms with E-state index in [1.165, 1.54) is 11.8 Å². The van der Waals surface area contributed by atoms with Crippen LogP contribution in [0.4, 0.5) is 5.69 Å². The number of anilines is 1. The summed E-state index contributed by atoms with van der Waals surface area (Å²) < 4.78 is 17.0. The third kappa shape index (κ3) is 4.74.